The van der Waals surface area contributed by atoms with Crippen LogP contribution in [-0.4, -0.2) is 84.3 Å². The molecule has 0 saturated carbocycles. The van der Waals surface area contributed by atoms with Crippen molar-refractivity contribution in [1.29, 1.82) is 0 Å². The summed E-state index contributed by atoms with van der Waals surface area (Å²) in [6.07, 6.45) is 0.0215. The maximum absolute atomic E-state index is 12.4. The lowest BCUT2D eigenvalue weighted by molar-refractivity contribution is -0.143. The van der Waals surface area contributed by atoms with Gasteiger partial charge in [-0.2, -0.15) is 13.2 Å². The molecule has 3 heterocycles. The van der Waals surface area contributed by atoms with Crippen molar-refractivity contribution in [2.24, 2.45) is 16.6 Å². The van der Waals surface area contributed by atoms with Crippen molar-refractivity contribution in [2.45, 2.75) is 12.6 Å². The first-order chi connectivity index (χ1) is 12.4. The minimum atomic E-state index is -4.14. The van der Waals surface area contributed by atoms with Crippen LogP contribution in [0.2, 0.25) is 0 Å². The van der Waals surface area contributed by atoms with Crippen molar-refractivity contribution in [3.05, 3.63) is 18.5 Å². The number of nitrogens with two attached hydrogens (primary N) is 1. The lowest BCUT2D eigenvalue weighted by Gasteiger charge is -2.35. The van der Waals surface area contributed by atoms with Crippen molar-refractivity contribution in [3.8, 4) is 0 Å². The van der Waals surface area contributed by atoms with E-state index in [1.54, 1.807) is 18.5 Å². The van der Waals surface area contributed by atoms with E-state index in [1.165, 1.54) is 4.90 Å². The van der Waals surface area contributed by atoms with Gasteiger partial charge in [-0.3, -0.25) is 9.89 Å². The maximum atomic E-state index is 12.4. The summed E-state index contributed by atoms with van der Waals surface area (Å²) in [6.45, 7) is 3.47. The fourth-order valence-corrected chi connectivity index (χ4v) is 3.37. The van der Waals surface area contributed by atoms with Crippen LogP contribution in [0.5, 0.6) is 0 Å². The fraction of sp³-hybridized carbons (Fsp3) is 0.688. The smallest absolute Gasteiger partial charge is 0.370 e. The van der Waals surface area contributed by atoms with E-state index in [4.69, 9.17) is 5.73 Å². The Morgan fingerprint density at radius 3 is 2.44 bits per heavy atom. The molecule has 2 aliphatic rings. The largest absolute Gasteiger partial charge is 0.401 e. The van der Waals surface area contributed by atoms with Crippen molar-refractivity contribution >= 4 is 35.9 Å². The quantitative estimate of drug-likeness (QED) is 0.384. The topological polar surface area (TPSA) is 73.9 Å². The van der Waals surface area contributed by atoms with E-state index in [0.29, 0.717) is 31.5 Å². The van der Waals surface area contributed by atoms with Gasteiger partial charge < -0.3 is 15.5 Å². The zero-order valence-electron chi connectivity index (χ0n) is 15.0. The van der Waals surface area contributed by atoms with E-state index < -0.39 is 12.7 Å². The van der Waals surface area contributed by atoms with Gasteiger partial charge in [0, 0.05) is 51.7 Å². The molecule has 152 valence electrons. The number of rotatable bonds is 4. The highest BCUT2D eigenvalue weighted by Gasteiger charge is 2.34. The summed E-state index contributed by atoms with van der Waals surface area (Å²) in [5.74, 6) is 1.31. The standard InChI is InChI=1S/C16H24F3N7.HI/c17-16(18,19)12-24-5-2-13(11-24)10-23-14(20)25-6-8-26(9-7-25)15-21-3-1-4-22-15;/h1,3-4,13H,2,5-12H2,(H2,20,23);1H. The Labute approximate surface area is 173 Å². The Bertz CT molecular complexity index is 606. The minimum Gasteiger partial charge on any atom is -0.370 e. The number of likely N-dealkylation sites (tertiary alicyclic amines) is 1. The van der Waals surface area contributed by atoms with Gasteiger partial charge in [-0.25, -0.2) is 9.97 Å². The number of anilines is 1. The van der Waals surface area contributed by atoms with E-state index >= 15 is 0 Å². The molecule has 1 unspecified atom stereocenters. The first-order valence-corrected chi connectivity index (χ1v) is 8.76. The normalized spacial score (nSPS) is 22.0. The molecule has 1 aromatic heterocycles. The average Bonchev–Trinajstić information content (AvgIpc) is 3.06. The third-order valence-electron chi connectivity index (χ3n) is 4.72. The first-order valence-electron chi connectivity index (χ1n) is 8.76. The maximum Gasteiger partial charge on any atom is 0.401 e. The van der Waals surface area contributed by atoms with Gasteiger partial charge in [0.15, 0.2) is 5.96 Å². The highest BCUT2D eigenvalue weighted by Crippen LogP contribution is 2.23. The van der Waals surface area contributed by atoms with Gasteiger partial charge in [-0.1, -0.05) is 0 Å². The van der Waals surface area contributed by atoms with Gasteiger partial charge in [0.25, 0.3) is 0 Å². The molecule has 0 amide bonds. The average molecular weight is 499 g/mol. The van der Waals surface area contributed by atoms with E-state index in [9.17, 15) is 13.2 Å². The first kappa shape index (κ1) is 21.9. The second kappa shape index (κ2) is 9.71. The Kier molecular flexibility index (Phi) is 7.89. The Morgan fingerprint density at radius 2 is 1.81 bits per heavy atom. The third kappa shape index (κ3) is 6.63. The highest BCUT2D eigenvalue weighted by atomic mass is 127. The van der Waals surface area contributed by atoms with Gasteiger partial charge in [-0.15, -0.1) is 24.0 Å². The number of aliphatic imine (C=N–C) groups is 1. The van der Waals surface area contributed by atoms with Crippen LogP contribution in [0.4, 0.5) is 19.1 Å². The monoisotopic (exact) mass is 499 g/mol. The number of nitrogens with zero attached hydrogens (tertiary/aromatic N) is 6. The van der Waals surface area contributed by atoms with Crippen LogP contribution >= 0.6 is 24.0 Å². The van der Waals surface area contributed by atoms with Gasteiger partial charge in [0.1, 0.15) is 0 Å². The van der Waals surface area contributed by atoms with Crippen molar-refractivity contribution < 1.29 is 13.2 Å². The summed E-state index contributed by atoms with van der Waals surface area (Å²) >= 11 is 0. The second-order valence-corrected chi connectivity index (χ2v) is 6.73. The number of hydrogen-bond acceptors (Lipinski definition) is 5. The van der Waals surface area contributed by atoms with Gasteiger partial charge in [0.05, 0.1) is 6.54 Å². The van der Waals surface area contributed by atoms with E-state index in [0.717, 1.165) is 32.6 Å². The summed E-state index contributed by atoms with van der Waals surface area (Å²) in [4.78, 5) is 18.4. The fourth-order valence-electron chi connectivity index (χ4n) is 3.37. The molecule has 27 heavy (non-hydrogen) atoms. The molecule has 0 bridgehead atoms. The van der Waals surface area contributed by atoms with Crippen molar-refractivity contribution in [2.75, 3.05) is 57.3 Å². The molecule has 2 saturated heterocycles. The Morgan fingerprint density at radius 1 is 1.15 bits per heavy atom. The number of halogens is 4. The molecule has 1 atom stereocenters. The molecule has 0 radical (unpaired) electrons. The summed E-state index contributed by atoms with van der Waals surface area (Å²) in [7, 11) is 0. The number of piperazine rings is 1. The Balaban J connectivity index is 0.00000261. The molecule has 0 spiro atoms. The van der Waals surface area contributed by atoms with Gasteiger partial charge >= 0.3 is 6.18 Å². The molecule has 2 N–H and O–H groups in total. The van der Waals surface area contributed by atoms with Gasteiger partial charge in [0.2, 0.25) is 5.95 Å². The van der Waals surface area contributed by atoms with Crippen LogP contribution in [0, 0.1) is 5.92 Å². The van der Waals surface area contributed by atoms with Crippen LogP contribution in [0.1, 0.15) is 6.42 Å². The number of hydrogen-bond donors (Lipinski definition) is 1. The Hall–Kier alpha value is -1.37. The van der Waals surface area contributed by atoms with Gasteiger partial charge in [-0.05, 0) is 24.9 Å². The molecular weight excluding hydrogens is 474 g/mol. The number of alkyl halides is 3. The predicted octanol–water partition coefficient (Wildman–Crippen LogP) is 1.42. The lowest BCUT2D eigenvalue weighted by Crippen LogP contribution is -2.51. The highest BCUT2D eigenvalue weighted by molar-refractivity contribution is 14.0. The molecule has 1 aromatic rings. The number of aromatic nitrogens is 2. The van der Waals surface area contributed by atoms with E-state index in [-0.39, 0.29) is 29.9 Å². The van der Waals surface area contributed by atoms with E-state index in [1.807, 2.05) is 4.90 Å². The van der Waals surface area contributed by atoms with E-state index in [2.05, 4.69) is 19.9 Å². The molecular formula is C16H25F3IN7. The summed E-state index contributed by atoms with van der Waals surface area (Å²) < 4.78 is 37.3. The van der Waals surface area contributed by atoms with Crippen LogP contribution in [-0.2, 0) is 0 Å². The molecule has 0 aromatic carbocycles. The third-order valence-corrected chi connectivity index (χ3v) is 4.72. The molecule has 2 fully saturated rings. The van der Waals surface area contributed by atoms with Crippen LogP contribution in [0.15, 0.2) is 23.5 Å². The summed E-state index contributed by atoms with van der Waals surface area (Å²) in [5, 5.41) is 0. The summed E-state index contributed by atoms with van der Waals surface area (Å²) in [6, 6.07) is 1.78. The second-order valence-electron chi connectivity index (χ2n) is 6.73. The van der Waals surface area contributed by atoms with Crippen molar-refractivity contribution in [1.82, 2.24) is 19.8 Å². The minimum absolute atomic E-state index is 0. The molecule has 0 aliphatic carbocycles. The zero-order valence-corrected chi connectivity index (χ0v) is 17.3. The predicted molar refractivity (Wildman–Crippen MR) is 108 cm³/mol. The molecule has 11 heteroatoms. The van der Waals surface area contributed by atoms with Crippen LogP contribution < -0.4 is 10.6 Å². The van der Waals surface area contributed by atoms with Crippen LogP contribution in [0.3, 0.4) is 0 Å². The lowest BCUT2D eigenvalue weighted by atomic mass is 10.1. The molecule has 7 nitrogen and oxygen atoms in total. The zero-order chi connectivity index (χ0) is 18.6. The SMILES string of the molecule is I.NC(=NCC1CCN(CC(F)(F)F)C1)N1CCN(c2ncccn2)CC1. The molecule has 2 aliphatic heterocycles. The summed E-state index contributed by atoms with van der Waals surface area (Å²) in [5.41, 5.74) is 6.08. The molecule has 3 rings (SSSR count). The van der Waals surface area contributed by atoms with Crippen molar-refractivity contribution in [3.63, 3.8) is 0 Å². The number of guanidine groups is 1. The van der Waals surface area contributed by atoms with Crippen LogP contribution in [0.25, 0.3) is 0 Å².